The molecule has 2 nitrogen and oxygen atoms in total. The highest BCUT2D eigenvalue weighted by Gasteiger charge is 2.34. The zero-order chi connectivity index (χ0) is 13.3. The molecule has 1 fully saturated rings. The van der Waals surface area contributed by atoms with Crippen LogP contribution in [0.4, 0.5) is 24.5 Å². The van der Waals surface area contributed by atoms with Gasteiger partial charge in [0.05, 0.1) is 5.56 Å². The zero-order valence-electron chi connectivity index (χ0n) is 10.8. The number of hydrogen-bond donors (Lipinski definition) is 1. The van der Waals surface area contributed by atoms with Crippen LogP contribution in [0.5, 0.6) is 0 Å². The lowest BCUT2D eigenvalue weighted by atomic mass is 10.0. The third kappa shape index (κ3) is 3.49. The molecule has 6 heteroatoms. The lowest BCUT2D eigenvalue weighted by Gasteiger charge is -2.35. The molecule has 0 radical (unpaired) electrons. The summed E-state index contributed by atoms with van der Waals surface area (Å²) < 4.78 is 38.4. The smallest absolute Gasteiger partial charge is 0.398 e. The number of piperidine rings is 1. The molecule has 108 valence electrons. The first-order chi connectivity index (χ1) is 8.39. The van der Waals surface area contributed by atoms with Crippen molar-refractivity contribution < 1.29 is 13.2 Å². The van der Waals surface area contributed by atoms with Crippen molar-refractivity contribution >= 4 is 24.9 Å². The number of nitrogens with two attached hydrogens (primary N) is 1. The van der Waals surface area contributed by atoms with Crippen molar-refractivity contribution in [3.8, 4) is 0 Å². The van der Waals surface area contributed by atoms with Crippen molar-refractivity contribution in [2.75, 3.05) is 17.2 Å². The highest BCUT2D eigenvalue weighted by atomic mass is 32.1. The molecule has 0 unspecified atom stereocenters. The average molecular weight is 292 g/mol. The van der Waals surface area contributed by atoms with E-state index in [2.05, 4.69) is 0 Å². The molecule has 19 heavy (non-hydrogen) atoms. The summed E-state index contributed by atoms with van der Waals surface area (Å²) in [5.41, 5.74) is 5.07. The molecule has 0 spiro atoms. The second-order valence-electron chi connectivity index (χ2n) is 4.81. The van der Waals surface area contributed by atoms with Crippen LogP contribution in [0, 0.1) is 0 Å². The van der Waals surface area contributed by atoms with Gasteiger partial charge in [0.1, 0.15) is 0 Å². The Morgan fingerprint density at radius 1 is 1.26 bits per heavy atom. The summed E-state index contributed by atoms with van der Waals surface area (Å²) in [6.45, 7) is 2.85. The molecular weight excluding hydrogens is 273 g/mol. The molecule has 0 aliphatic carbocycles. The van der Waals surface area contributed by atoms with E-state index in [1.165, 1.54) is 6.07 Å². The van der Waals surface area contributed by atoms with Gasteiger partial charge in [-0.3, -0.25) is 0 Å². The first-order valence-corrected chi connectivity index (χ1v) is 6.13. The van der Waals surface area contributed by atoms with Gasteiger partial charge in [-0.15, -0.1) is 0 Å². The first kappa shape index (κ1) is 16.0. The van der Waals surface area contributed by atoms with Crippen molar-refractivity contribution in [3.05, 3.63) is 23.8 Å². The number of nitrogens with zero attached hydrogens (tertiary/aromatic N) is 1. The summed E-state index contributed by atoms with van der Waals surface area (Å²) >= 11 is 0. The predicted octanol–water partition coefficient (Wildman–Crippen LogP) is 3.78. The molecule has 1 heterocycles. The fourth-order valence-corrected chi connectivity index (χ4v) is 2.45. The van der Waals surface area contributed by atoms with Crippen molar-refractivity contribution in [3.63, 3.8) is 0 Å². The van der Waals surface area contributed by atoms with E-state index in [0.717, 1.165) is 31.9 Å². The van der Waals surface area contributed by atoms with E-state index in [9.17, 15) is 13.2 Å². The van der Waals surface area contributed by atoms with Crippen LogP contribution < -0.4 is 10.6 Å². The molecule has 1 aromatic carbocycles. The monoisotopic (exact) mass is 292 g/mol. The fourth-order valence-electron chi connectivity index (χ4n) is 2.45. The van der Waals surface area contributed by atoms with Gasteiger partial charge in [-0.25, -0.2) is 0 Å². The minimum Gasteiger partial charge on any atom is -0.398 e. The topological polar surface area (TPSA) is 29.3 Å². The van der Waals surface area contributed by atoms with E-state index < -0.39 is 11.7 Å². The zero-order valence-corrected chi connectivity index (χ0v) is 11.8. The number of anilines is 2. The van der Waals surface area contributed by atoms with Crippen LogP contribution in [0.25, 0.3) is 0 Å². The first-order valence-electron chi connectivity index (χ1n) is 6.13. The van der Waals surface area contributed by atoms with Gasteiger partial charge in [0.25, 0.3) is 0 Å². The third-order valence-electron chi connectivity index (χ3n) is 3.48. The van der Waals surface area contributed by atoms with E-state index in [1.807, 2.05) is 11.8 Å². The van der Waals surface area contributed by atoms with E-state index in [-0.39, 0.29) is 25.2 Å². The highest BCUT2D eigenvalue weighted by Crippen LogP contribution is 2.37. The summed E-state index contributed by atoms with van der Waals surface area (Å²) in [5, 5.41) is 0. The van der Waals surface area contributed by atoms with E-state index in [0.29, 0.717) is 5.69 Å². The highest BCUT2D eigenvalue weighted by molar-refractivity contribution is 7.59. The SMILES string of the molecule is C[C@H]1CCCCN1c1ccc(N)c(C(F)(F)F)c1.S. The molecular formula is C13H19F3N2S. The minimum atomic E-state index is -4.39. The van der Waals surface area contributed by atoms with Gasteiger partial charge in [-0.1, -0.05) is 0 Å². The van der Waals surface area contributed by atoms with Gasteiger partial charge >= 0.3 is 6.18 Å². The van der Waals surface area contributed by atoms with Gasteiger partial charge in [0, 0.05) is 24.0 Å². The van der Waals surface area contributed by atoms with Crippen molar-refractivity contribution in [1.82, 2.24) is 0 Å². The Kier molecular flexibility index (Phi) is 5.01. The maximum Gasteiger partial charge on any atom is 0.418 e. The maximum absolute atomic E-state index is 12.8. The summed E-state index contributed by atoms with van der Waals surface area (Å²) in [4.78, 5) is 2.03. The van der Waals surface area contributed by atoms with E-state index in [1.54, 1.807) is 6.07 Å². The van der Waals surface area contributed by atoms with Crippen LogP contribution in [0.1, 0.15) is 31.7 Å². The summed E-state index contributed by atoms with van der Waals surface area (Å²) in [5.74, 6) is 0. The molecule has 0 bridgehead atoms. The van der Waals surface area contributed by atoms with Crippen molar-refractivity contribution in [2.45, 2.75) is 38.4 Å². The van der Waals surface area contributed by atoms with E-state index in [4.69, 9.17) is 5.73 Å². The van der Waals surface area contributed by atoms with Crippen LogP contribution in [0.15, 0.2) is 18.2 Å². The molecule has 2 rings (SSSR count). The van der Waals surface area contributed by atoms with Gasteiger partial charge in [0.15, 0.2) is 0 Å². The second kappa shape index (κ2) is 5.94. The Morgan fingerprint density at radius 3 is 2.53 bits per heavy atom. The standard InChI is InChI=1S/C13H17F3N2.H2S/c1-9-4-2-3-7-18(9)10-5-6-12(17)11(8-10)13(14,15)16;/h5-6,8-9H,2-4,7,17H2,1H3;1H2/t9-;/m0./s1. The Labute approximate surface area is 118 Å². The van der Waals surface area contributed by atoms with Crippen LogP contribution in [-0.2, 0) is 6.18 Å². The Morgan fingerprint density at radius 2 is 1.95 bits per heavy atom. The Bertz CT molecular complexity index is 434. The number of hydrogen-bond acceptors (Lipinski definition) is 2. The molecule has 1 aliphatic rings. The number of halogens is 3. The molecule has 1 aliphatic heterocycles. The Balaban J connectivity index is 0.00000180. The number of alkyl halides is 3. The summed E-state index contributed by atoms with van der Waals surface area (Å²) in [6.07, 6.45) is -1.21. The largest absolute Gasteiger partial charge is 0.418 e. The van der Waals surface area contributed by atoms with Crippen LogP contribution in [0.3, 0.4) is 0 Å². The van der Waals surface area contributed by atoms with Gasteiger partial charge in [-0.2, -0.15) is 26.7 Å². The quantitative estimate of drug-likeness (QED) is 0.798. The molecule has 0 amide bonds. The number of benzene rings is 1. The second-order valence-corrected chi connectivity index (χ2v) is 4.81. The van der Waals surface area contributed by atoms with Crippen molar-refractivity contribution in [1.29, 1.82) is 0 Å². The summed E-state index contributed by atoms with van der Waals surface area (Å²) in [6, 6.07) is 4.46. The van der Waals surface area contributed by atoms with Gasteiger partial charge in [-0.05, 0) is 44.4 Å². The number of rotatable bonds is 1. The molecule has 0 aromatic heterocycles. The summed E-state index contributed by atoms with van der Waals surface area (Å²) in [7, 11) is 0. The average Bonchev–Trinajstić information content (AvgIpc) is 2.29. The fraction of sp³-hybridized carbons (Fsp3) is 0.538. The third-order valence-corrected chi connectivity index (χ3v) is 3.48. The Hall–Kier alpha value is -1.04. The normalized spacial score (nSPS) is 20.0. The molecule has 1 saturated heterocycles. The van der Waals surface area contributed by atoms with Gasteiger partial charge < -0.3 is 10.6 Å². The van der Waals surface area contributed by atoms with Crippen LogP contribution in [0.2, 0.25) is 0 Å². The van der Waals surface area contributed by atoms with Crippen LogP contribution in [-0.4, -0.2) is 12.6 Å². The van der Waals surface area contributed by atoms with Crippen LogP contribution >= 0.6 is 13.5 Å². The van der Waals surface area contributed by atoms with E-state index >= 15 is 0 Å². The lowest BCUT2D eigenvalue weighted by Crippen LogP contribution is -2.37. The molecule has 1 atom stereocenters. The van der Waals surface area contributed by atoms with Crippen molar-refractivity contribution in [2.24, 2.45) is 0 Å². The minimum absolute atomic E-state index is 0. The van der Waals surface area contributed by atoms with Gasteiger partial charge in [0.2, 0.25) is 0 Å². The predicted molar refractivity (Wildman–Crippen MR) is 76.9 cm³/mol. The lowest BCUT2D eigenvalue weighted by molar-refractivity contribution is -0.136. The number of nitrogen functional groups attached to an aromatic ring is 1. The molecule has 2 N–H and O–H groups in total. The molecule has 0 saturated carbocycles. The maximum atomic E-state index is 12.8. The molecule has 1 aromatic rings.